The monoisotopic (exact) mass is 526 g/mol. The molecule has 0 aliphatic carbocycles. The lowest BCUT2D eigenvalue weighted by Gasteiger charge is -2.24. The molecule has 0 radical (unpaired) electrons. The SMILES string of the molecule is NC(CCC(=O)O)C(=O)NC(Cc1ccc(O)cc1)C(=O)NC(CO)C(=O)NC(CCC(=O)O)C(=O)O. The number of rotatable bonds is 16. The van der Waals surface area contributed by atoms with Gasteiger partial charge < -0.3 is 47.2 Å². The average molecular weight is 526 g/mol. The summed E-state index contributed by atoms with van der Waals surface area (Å²) in [5.74, 6) is -6.98. The molecule has 15 nitrogen and oxygen atoms in total. The highest BCUT2D eigenvalue weighted by Gasteiger charge is 2.30. The van der Waals surface area contributed by atoms with E-state index in [0.717, 1.165) is 0 Å². The van der Waals surface area contributed by atoms with Gasteiger partial charge in [0.2, 0.25) is 17.7 Å². The van der Waals surface area contributed by atoms with Crippen molar-refractivity contribution in [3.8, 4) is 5.75 Å². The van der Waals surface area contributed by atoms with E-state index in [9.17, 15) is 44.1 Å². The Hall–Kier alpha value is -4.24. The average Bonchev–Trinajstić information content (AvgIpc) is 2.83. The number of nitrogens with one attached hydrogen (secondary N) is 3. The molecule has 0 spiro atoms. The summed E-state index contributed by atoms with van der Waals surface area (Å²) in [6, 6.07) is -0.306. The number of aliphatic carboxylic acids is 3. The van der Waals surface area contributed by atoms with E-state index in [1.807, 2.05) is 5.32 Å². The molecule has 1 aromatic carbocycles. The van der Waals surface area contributed by atoms with Gasteiger partial charge in [-0.05, 0) is 30.5 Å². The molecule has 0 aliphatic rings. The Bertz CT molecular complexity index is 983. The molecule has 3 amide bonds. The van der Waals surface area contributed by atoms with Crippen molar-refractivity contribution in [1.82, 2.24) is 16.0 Å². The molecular formula is C22H30N4O11. The van der Waals surface area contributed by atoms with Crippen LogP contribution in [0.15, 0.2) is 24.3 Å². The third kappa shape index (κ3) is 11.4. The number of amides is 3. The summed E-state index contributed by atoms with van der Waals surface area (Å²) in [7, 11) is 0. The van der Waals surface area contributed by atoms with Gasteiger partial charge in [-0.15, -0.1) is 0 Å². The summed E-state index contributed by atoms with van der Waals surface area (Å²) in [5, 5.41) is 52.4. The fourth-order valence-electron chi connectivity index (χ4n) is 3.03. The predicted octanol–water partition coefficient (Wildman–Crippen LogP) is -2.48. The van der Waals surface area contributed by atoms with Crippen LogP contribution in [-0.2, 0) is 35.2 Å². The van der Waals surface area contributed by atoms with Crippen molar-refractivity contribution < 1.29 is 54.3 Å². The Morgan fingerprint density at radius 3 is 1.73 bits per heavy atom. The van der Waals surface area contributed by atoms with E-state index in [-0.39, 0.29) is 18.6 Å². The van der Waals surface area contributed by atoms with Gasteiger partial charge in [0.15, 0.2) is 0 Å². The second-order valence-corrected chi connectivity index (χ2v) is 8.05. The number of aliphatic hydroxyl groups excluding tert-OH is 1. The first-order valence-electron chi connectivity index (χ1n) is 11.1. The number of phenolic OH excluding ortho intramolecular Hbond substituents is 1. The fourth-order valence-corrected chi connectivity index (χ4v) is 3.03. The Morgan fingerprint density at radius 1 is 0.730 bits per heavy atom. The summed E-state index contributed by atoms with van der Waals surface area (Å²) >= 11 is 0. The zero-order valence-corrected chi connectivity index (χ0v) is 19.6. The number of aliphatic hydroxyl groups is 1. The molecule has 0 saturated carbocycles. The molecule has 0 fully saturated rings. The highest BCUT2D eigenvalue weighted by molar-refractivity contribution is 5.94. The maximum atomic E-state index is 13.0. The molecular weight excluding hydrogens is 496 g/mol. The third-order valence-corrected chi connectivity index (χ3v) is 5.09. The van der Waals surface area contributed by atoms with E-state index < -0.39 is 85.7 Å². The van der Waals surface area contributed by atoms with Crippen LogP contribution in [0.25, 0.3) is 0 Å². The van der Waals surface area contributed by atoms with Crippen molar-refractivity contribution in [2.24, 2.45) is 5.73 Å². The van der Waals surface area contributed by atoms with Crippen molar-refractivity contribution in [3.63, 3.8) is 0 Å². The van der Waals surface area contributed by atoms with Crippen molar-refractivity contribution in [2.45, 2.75) is 56.3 Å². The number of aromatic hydroxyl groups is 1. The molecule has 204 valence electrons. The van der Waals surface area contributed by atoms with Gasteiger partial charge >= 0.3 is 17.9 Å². The van der Waals surface area contributed by atoms with Crippen LogP contribution in [-0.4, -0.2) is 91.9 Å². The molecule has 4 atom stereocenters. The van der Waals surface area contributed by atoms with Gasteiger partial charge in [0, 0.05) is 19.3 Å². The van der Waals surface area contributed by atoms with E-state index >= 15 is 0 Å². The van der Waals surface area contributed by atoms with Crippen LogP contribution in [0.1, 0.15) is 31.2 Å². The van der Waals surface area contributed by atoms with E-state index in [4.69, 9.17) is 15.9 Å². The first-order chi connectivity index (χ1) is 17.3. The van der Waals surface area contributed by atoms with Gasteiger partial charge in [0.25, 0.3) is 0 Å². The Labute approximate surface area is 210 Å². The van der Waals surface area contributed by atoms with Crippen molar-refractivity contribution in [1.29, 1.82) is 0 Å². The number of carbonyl (C=O) groups is 6. The highest BCUT2D eigenvalue weighted by Crippen LogP contribution is 2.12. The summed E-state index contributed by atoms with van der Waals surface area (Å²) < 4.78 is 0. The number of carboxylic acid groups (broad SMARTS) is 3. The minimum absolute atomic E-state index is 0.0580. The molecule has 0 saturated heterocycles. The summed E-state index contributed by atoms with van der Waals surface area (Å²) in [6.45, 7) is -0.957. The minimum atomic E-state index is -1.65. The topological polar surface area (TPSA) is 266 Å². The molecule has 1 rings (SSSR count). The zero-order chi connectivity index (χ0) is 28.1. The molecule has 0 aliphatic heterocycles. The van der Waals surface area contributed by atoms with Crippen LogP contribution in [0.5, 0.6) is 5.75 Å². The second-order valence-electron chi connectivity index (χ2n) is 8.05. The zero-order valence-electron chi connectivity index (χ0n) is 19.6. The van der Waals surface area contributed by atoms with Crippen LogP contribution in [0.2, 0.25) is 0 Å². The van der Waals surface area contributed by atoms with Gasteiger partial charge in [-0.1, -0.05) is 12.1 Å². The lowest BCUT2D eigenvalue weighted by molar-refractivity contribution is -0.144. The number of hydrogen-bond donors (Lipinski definition) is 9. The molecule has 10 N–H and O–H groups in total. The molecule has 15 heteroatoms. The Morgan fingerprint density at radius 2 is 1.22 bits per heavy atom. The predicted molar refractivity (Wildman–Crippen MR) is 124 cm³/mol. The van der Waals surface area contributed by atoms with Gasteiger partial charge in [-0.25, -0.2) is 4.79 Å². The molecule has 4 unspecified atom stereocenters. The number of nitrogens with two attached hydrogens (primary N) is 1. The Balaban J connectivity index is 3.00. The van der Waals surface area contributed by atoms with Crippen LogP contribution in [0.4, 0.5) is 0 Å². The van der Waals surface area contributed by atoms with Gasteiger partial charge in [-0.3, -0.25) is 24.0 Å². The van der Waals surface area contributed by atoms with Crippen LogP contribution < -0.4 is 21.7 Å². The summed E-state index contributed by atoms with van der Waals surface area (Å²) in [6.07, 6.45) is -1.78. The quantitative estimate of drug-likeness (QED) is 0.108. The minimum Gasteiger partial charge on any atom is -0.508 e. The number of benzene rings is 1. The van der Waals surface area contributed by atoms with E-state index in [1.54, 1.807) is 0 Å². The maximum Gasteiger partial charge on any atom is 0.326 e. The number of hydrogen-bond acceptors (Lipinski definition) is 9. The van der Waals surface area contributed by atoms with Crippen molar-refractivity contribution in [2.75, 3.05) is 6.61 Å². The fraction of sp³-hybridized carbons (Fsp3) is 0.455. The van der Waals surface area contributed by atoms with Gasteiger partial charge in [0.05, 0.1) is 12.6 Å². The summed E-state index contributed by atoms with van der Waals surface area (Å²) in [5.41, 5.74) is 6.17. The molecule has 0 bridgehead atoms. The molecule has 0 heterocycles. The first kappa shape index (κ1) is 30.8. The highest BCUT2D eigenvalue weighted by atomic mass is 16.4. The standard InChI is InChI=1S/C22H30N4O11/c23-13(5-7-17(29)30)19(33)25-15(9-11-1-3-12(28)4-2-11)20(34)26-16(10-27)21(35)24-14(22(36)37)6-8-18(31)32/h1-4,13-16,27-28H,5-10,23H2,(H,24,35)(H,25,33)(H,26,34)(H,29,30)(H,31,32)(H,36,37). The number of carbonyl (C=O) groups excluding carboxylic acids is 3. The smallest absolute Gasteiger partial charge is 0.326 e. The van der Waals surface area contributed by atoms with Crippen LogP contribution in [0.3, 0.4) is 0 Å². The largest absolute Gasteiger partial charge is 0.508 e. The summed E-state index contributed by atoms with van der Waals surface area (Å²) in [4.78, 5) is 70.7. The van der Waals surface area contributed by atoms with Crippen LogP contribution >= 0.6 is 0 Å². The van der Waals surface area contributed by atoms with Crippen molar-refractivity contribution >= 4 is 35.6 Å². The first-order valence-corrected chi connectivity index (χ1v) is 11.1. The number of carboxylic acids is 3. The normalized spacial score (nSPS) is 13.9. The maximum absolute atomic E-state index is 13.0. The molecule has 1 aromatic rings. The Kier molecular flexibility index (Phi) is 12.5. The number of phenols is 1. The molecule has 37 heavy (non-hydrogen) atoms. The van der Waals surface area contributed by atoms with Crippen LogP contribution in [0, 0.1) is 0 Å². The lowest BCUT2D eigenvalue weighted by Crippen LogP contribution is -2.58. The van der Waals surface area contributed by atoms with Crippen molar-refractivity contribution in [3.05, 3.63) is 29.8 Å². The van der Waals surface area contributed by atoms with Gasteiger partial charge in [-0.2, -0.15) is 0 Å². The lowest BCUT2D eigenvalue weighted by atomic mass is 10.0. The van der Waals surface area contributed by atoms with E-state index in [0.29, 0.717) is 5.56 Å². The van der Waals surface area contributed by atoms with E-state index in [2.05, 4.69) is 10.6 Å². The molecule has 0 aromatic heterocycles. The second kappa shape index (κ2) is 15.0. The van der Waals surface area contributed by atoms with Gasteiger partial charge in [0.1, 0.15) is 23.9 Å². The third-order valence-electron chi connectivity index (χ3n) is 5.09. The van der Waals surface area contributed by atoms with E-state index in [1.165, 1.54) is 24.3 Å².